The van der Waals surface area contributed by atoms with Crippen molar-refractivity contribution in [2.45, 2.75) is 19.8 Å². The lowest BCUT2D eigenvalue weighted by atomic mass is 10.2. The number of hydrogen-bond donors (Lipinski definition) is 2. The topological polar surface area (TPSA) is 69.6 Å². The van der Waals surface area contributed by atoms with E-state index in [0.29, 0.717) is 19.0 Å². The molecule has 1 aliphatic rings. The van der Waals surface area contributed by atoms with Gasteiger partial charge in [-0.1, -0.05) is 23.2 Å². The second-order valence-corrected chi connectivity index (χ2v) is 5.85. The summed E-state index contributed by atoms with van der Waals surface area (Å²) in [6.07, 6.45) is 2.30. The molecule has 0 spiro atoms. The summed E-state index contributed by atoms with van der Waals surface area (Å²) in [6, 6.07) is 2.25. The third-order valence-electron chi connectivity index (χ3n) is 3.37. The van der Waals surface area contributed by atoms with Gasteiger partial charge in [0.15, 0.2) is 0 Å². The van der Waals surface area contributed by atoms with E-state index < -0.39 is 5.97 Å². The molecule has 0 saturated heterocycles. The highest BCUT2D eigenvalue weighted by atomic mass is 35.5. The fraction of sp³-hybridized carbons (Fsp3) is 0.429. The molecule has 0 unspecified atom stereocenters. The van der Waals surface area contributed by atoms with Crippen LogP contribution >= 0.6 is 23.2 Å². The summed E-state index contributed by atoms with van der Waals surface area (Å²) >= 11 is 12.0. The Morgan fingerprint density at radius 2 is 1.90 bits per heavy atom. The van der Waals surface area contributed by atoms with E-state index in [4.69, 9.17) is 28.3 Å². The lowest BCUT2D eigenvalue weighted by Gasteiger charge is -2.22. The van der Waals surface area contributed by atoms with Gasteiger partial charge in [-0.25, -0.2) is 9.59 Å². The number of carbonyl (C=O) groups excluding carboxylic acids is 1. The van der Waals surface area contributed by atoms with Gasteiger partial charge in [0.05, 0.1) is 21.3 Å². The van der Waals surface area contributed by atoms with Gasteiger partial charge in [-0.2, -0.15) is 0 Å². The first kappa shape index (κ1) is 15.9. The highest BCUT2D eigenvalue weighted by molar-refractivity contribution is 6.40. The van der Waals surface area contributed by atoms with Gasteiger partial charge in [0.1, 0.15) is 0 Å². The molecule has 0 aromatic heterocycles. The number of anilines is 1. The number of carboxylic acid groups (broad SMARTS) is 1. The van der Waals surface area contributed by atoms with Crippen molar-refractivity contribution in [2.75, 3.05) is 18.4 Å². The van der Waals surface area contributed by atoms with Gasteiger partial charge in [0, 0.05) is 13.1 Å². The van der Waals surface area contributed by atoms with E-state index in [0.717, 1.165) is 12.8 Å². The monoisotopic (exact) mass is 330 g/mol. The lowest BCUT2D eigenvalue weighted by molar-refractivity contribution is 0.0697. The molecule has 2 amide bonds. The Bertz CT molecular complexity index is 550. The minimum atomic E-state index is -1.12. The zero-order chi connectivity index (χ0) is 15.6. The maximum atomic E-state index is 12.2. The van der Waals surface area contributed by atoms with Crippen LogP contribution in [0.3, 0.4) is 0 Å². The van der Waals surface area contributed by atoms with Gasteiger partial charge in [0.25, 0.3) is 0 Å². The molecule has 114 valence electrons. The Hall–Kier alpha value is -1.46. The maximum absolute atomic E-state index is 12.2. The summed E-state index contributed by atoms with van der Waals surface area (Å²) in [4.78, 5) is 24.8. The molecule has 1 aromatic rings. The predicted molar refractivity (Wildman–Crippen MR) is 82.4 cm³/mol. The Morgan fingerprint density at radius 3 is 2.33 bits per heavy atom. The number of hydrogen-bond acceptors (Lipinski definition) is 2. The SMILES string of the molecule is CCN(CC1CC1)C(=O)Nc1c(Cl)cc(C(=O)O)cc1Cl. The average Bonchev–Trinajstić information content (AvgIpc) is 3.23. The fourth-order valence-electron chi connectivity index (χ4n) is 1.97. The van der Waals surface area contributed by atoms with Crippen molar-refractivity contribution in [3.8, 4) is 0 Å². The normalized spacial score (nSPS) is 13.9. The number of urea groups is 1. The zero-order valence-electron chi connectivity index (χ0n) is 11.5. The van der Waals surface area contributed by atoms with Crippen LogP contribution in [-0.4, -0.2) is 35.1 Å². The molecular formula is C14H16Cl2N2O3. The largest absolute Gasteiger partial charge is 0.478 e. The molecule has 0 heterocycles. The molecule has 0 atom stereocenters. The van der Waals surface area contributed by atoms with E-state index in [1.54, 1.807) is 4.90 Å². The second-order valence-electron chi connectivity index (χ2n) is 5.03. The quantitative estimate of drug-likeness (QED) is 0.858. The van der Waals surface area contributed by atoms with Crippen molar-refractivity contribution in [2.24, 2.45) is 5.92 Å². The van der Waals surface area contributed by atoms with Gasteiger partial charge < -0.3 is 15.3 Å². The number of amides is 2. The molecule has 5 nitrogen and oxygen atoms in total. The number of nitrogens with one attached hydrogen (secondary N) is 1. The molecule has 2 N–H and O–H groups in total. The van der Waals surface area contributed by atoms with Crippen LogP contribution in [0.15, 0.2) is 12.1 Å². The van der Waals surface area contributed by atoms with Crippen molar-refractivity contribution in [1.82, 2.24) is 4.90 Å². The van der Waals surface area contributed by atoms with Gasteiger partial charge in [0.2, 0.25) is 0 Å². The van der Waals surface area contributed by atoms with Crippen molar-refractivity contribution in [3.63, 3.8) is 0 Å². The zero-order valence-corrected chi connectivity index (χ0v) is 13.0. The van der Waals surface area contributed by atoms with E-state index in [-0.39, 0.29) is 27.3 Å². The van der Waals surface area contributed by atoms with Gasteiger partial charge in [-0.3, -0.25) is 0 Å². The number of benzene rings is 1. The fourth-order valence-corrected chi connectivity index (χ4v) is 2.55. The molecule has 7 heteroatoms. The molecule has 0 radical (unpaired) electrons. The summed E-state index contributed by atoms with van der Waals surface area (Å²) in [5.74, 6) is -0.545. The molecule has 0 aliphatic heterocycles. The van der Waals surface area contributed by atoms with E-state index in [9.17, 15) is 9.59 Å². The standard InChI is InChI=1S/C14H16Cl2N2O3/c1-2-18(7-8-3-4-8)14(21)17-12-10(15)5-9(13(19)20)6-11(12)16/h5-6,8H,2-4,7H2,1H3,(H,17,21)(H,19,20). The second kappa shape index (κ2) is 6.54. The Labute approximate surface area is 132 Å². The van der Waals surface area contributed by atoms with E-state index in [1.807, 2.05) is 6.92 Å². The van der Waals surface area contributed by atoms with Crippen molar-refractivity contribution in [3.05, 3.63) is 27.7 Å². The summed E-state index contributed by atoms with van der Waals surface area (Å²) in [5.41, 5.74) is 0.218. The highest BCUT2D eigenvalue weighted by Gasteiger charge is 2.26. The molecule has 1 aliphatic carbocycles. The Kier molecular flexibility index (Phi) is 4.96. The third kappa shape index (κ3) is 4.02. The van der Waals surface area contributed by atoms with Crippen molar-refractivity contribution >= 4 is 40.9 Å². The first-order valence-electron chi connectivity index (χ1n) is 6.70. The van der Waals surface area contributed by atoms with Crippen LogP contribution in [0.25, 0.3) is 0 Å². The summed E-state index contributed by atoms with van der Waals surface area (Å²) in [6.45, 7) is 3.20. The smallest absolute Gasteiger partial charge is 0.335 e. The van der Waals surface area contributed by atoms with Gasteiger partial charge in [-0.05, 0) is 37.8 Å². The Balaban J connectivity index is 2.14. The molecule has 1 saturated carbocycles. The minimum Gasteiger partial charge on any atom is -0.478 e. The molecule has 1 fully saturated rings. The first-order valence-corrected chi connectivity index (χ1v) is 7.46. The molecule has 21 heavy (non-hydrogen) atoms. The van der Waals surface area contributed by atoms with Crippen LogP contribution in [0.4, 0.5) is 10.5 Å². The van der Waals surface area contributed by atoms with Gasteiger partial charge >= 0.3 is 12.0 Å². The van der Waals surface area contributed by atoms with E-state index >= 15 is 0 Å². The molecular weight excluding hydrogens is 315 g/mol. The lowest BCUT2D eigenvalue weighted by Crippen LogP contribution is -2.36. The van der Waals surface area contributed by atoms with E-state index in [1.165, 1.54) is 12.1 Å². The number of carbonyl (C=O) groups is 2. The minimum absolute atomic E-state index is 0.0201. The molecule has 2 rings (SSSR count). The predicted octanol–water partition coefficient (Wildman–Crippen LogP) is 3.96. The maximum Gasteiger partial charge on any atom is 0.335 e. The van der Waals surface area contributed by atoms with Crippen LogP contribution in [0.5, 0.6) is 0 Å². The number of aromatic carboxylic acids is 1. The van der Waals surface area contributed by atoms with Crippen molar-refractivity contribution in [1.29, 1.82) is 0 Å². The summed E-state index contributed by atoms with van der Waals surface area (Å²) < 4.78 is 0. The number of nitrogens with zero attached hydrogens (tertiary/aromatic N) is 1. The Morgan fingerprint density at radius 1 is 1.33 bits per heavy atom. The van der Waals surface area contributed by atoms with Crippen LogP contribution in [0.1, 0.15) is 30.1 Å². The molecule has 1 aromatic carbocycles. The summed E-state index contributed by atoms with van der Waals surface area (Å²) in [7, 11) is 0. The highest BCUT2D eigenvalue weighted by Crippen LogP contribution is 2.33. The van der Waals surface area contributed by atoms with Gasteiger partial charge in [-0.15, -0.1) is 0 Å². The third-order valence-corrected chi connectivity index (χ3v) is 3.96. The van der Waals surface area contributed by atoms with Crippen molar-refractivity contribution < 1.29 is 14.7 Å². The number of halogens is 2. The summed E-state index contributed by atoms with van der Waals surface area (Å²) in [5, 5.41) is 11.8. The number of carboxylic acids is 1. The first-order chi connectivity index (χ1) is 9.92. The number of rotatable bonds is 5. The van der Waals surface area contributed by atoms with Crippen LogP contribution in [-0.2, 0) is 0 Å². The average molecular weight is 331 g/mol. The van der Waals surface area contributed by atoms with Crippen LogP contribution in [0, 0.1) is 5.92 Å². The van der Waals surface area contributed by atoms with E-state index in [2.05, 4.69) is 5.32 Å². The molecule has 0 bridgehead atoms. The van der Waals surface area contributed by atoms with Crippen LogP contribution in [0.2, 0.25) is 10.0 Å². The van der Waals surface area contributed by atoms with Crippen LogP contribution < -0.4 is 5.32 Å².